The first-order chi connectivity index (χ1) is 8.17. The molecule has 0 radical (unpaired) electrons. The monoisotopic (exact) mass is 305 g/mol. The molecule has 0 amide bonds. The van der Waals surface area contributed by atoms with E-state index in [0.29, 0.717) is 0 Å². The second-order valence-electron chi connectivity index (χ2n) is 3.66. The third-order valence-electron chi connectivity index (χ3n) is 2.71. The van der Waals surface area contributed by atoms with Crippen LogP contribution in [0.25, 0.3) is 0 Å². The van der Waals surface area contributed by atoms with Crippen LogP contribution in [0.15, 0.2) is 17.5 Å². The van der Waals surface area contributed by atoms with Gasteiger partial charge in [-0.05, 0) is 36.5 Å². The maximum Gasteiger partial charge on any atom is 0.0995 e. The zero-order chi connectivity index (χ0) is 12.4. The lowest BCUT2D eigenvalue weighted by molar-refractivity contribution is 0.700. The van der Waals surface area contributed by atoms with E-state index in [0.717, 1.165) is 20.7 Å². The lowest BCUT2D eigenvalue weighted by Crippen LogP contribution is -2.17. The van der Waals surface area contributed by atoms with Crippen LogP contribution in [0.5, 0.6) is 0 Å². The number of hydrogen-bond donors (Lipinski definition) is 1. The van der Waals surface area contributed by atoms with E-state index in [2.05, 4.69) is 23.7 Å². The maximum atomic E-state index is 6.23. The molecule has 0 bridgehead atoms. The van der Waals surface area contributed by atoms with E-state index in [-0.39, 0.29) is 6.04 Å². The van der Waals surface area contributed by atoms with Gasteiger partial charge in [0, 0.05) is 10.4 Å². The number of rotatable bonds is 4. The summed E-state index contributed by atoms with van der Waals surface area (Å²) in [5, 5.41) is 5.45. The zero-order valence-corrected chi connectivity index (χ0v) is 12.7. The Morgan fingerprint density at radius 3 is 2.71 bits per heavy atom. The van der Waals surface area contributed by atoms with Crippen LogP contribution < -0.4 is 5.32 Å². The number of halogens is 2. The van der Waals surface area contributed by atoms with E-state index >= 15 is 0 Å². The molecule has 2 aromatic rings. The molecule has 92 valence electrons. The summed E-state index contributed by atoms with van der Waals surface area (Å²) in [6.45, 7) is 2.17. The van der Waals surface area contributed by atoms with Crippen LogP contribution in [0.3, 0.4) is 0 Å². The van der Waals surface area contributed by atoms with E-state index in [4.69, 9.17) is 23.2 Å². The van der Waals surface area contributed by atoms with Gasteiger partial charge in [0.15, 0.2) is 0 Å². The van der Waals surface area contributed by atoms with Crippen molar-refractivity contribution < 1.29 is 0 Å². The predicted molar refractivity (Wildman–Crippen MR) is 78.9 cm³/mol. The highest BCUT2D eigenvalue weighted by Crippen LogP contribution is 2.39. The summed E-state index contributed by atoms with van der Waals surface area (Å²) in [5.41, 5.74) is 2.44. The molecule has 17 heavy (non-hydrogen) atoms. The lowest BCUT2D eigenvalue weighted by Gasteiger charge is -2.16. The minimum absolute atomic E-state index is 0.140. The highest BCUT2D eigenvalue weighted by molar-refractivity contribution is 7.20. The van der Waals surface area contributed by atoms with Crippen molar-refractivity contribution in [3.05, 3.63) is 42.2 Å². The second kappa shape index (κ2) is 5.72. The number of nitrogens with one attached hydrogen (secondary N) is 1. The first-order valence-electron chi connectivity index (χ1n) is 5.35. The average molecular weight is 306 g/mol. The predicted octanol–water partition coefficient (Wildman–Crippen LogP) is 4.99. The third-order valence-corrected chi connectivity index (χ3v) is 5.25. The Bertz CT molecular complexity index is 504. The van der Waals surface area contributed by atoms with Gasteiger partial charge >= 0.3 is 0 Å². The fourth-order valence-electron chi connectivity index (χ4n) is 1.87. The van der Waals surface area contributed by atoms with Crippen LogP contribution >= 0.6 is 45.9 Å². The molecular formula is C12H13Cl2NS2. The van der Waals surface area contributed by atoms with Gasteiger partial charge in [0.1, 0.15) is 0 Å². The molecule has 0 saturated carbocycles. The Kier molecular flexibility index (Phi) is 4.50. The summed E-state index contributed by atoms with van der Waals surface area (Å²) >= 11 is 15.4. The summed E-state index contributed by atoms with van der Waals surface area (Å²) in [4.78, 5) is 1.33. The van der Waals surface area contributed by atoms with E-state index in [9.17, 15) is 0 Å². The Labute approximate surface area is 119 Å². The lowest BCUT2D eigenvalue weighted by atomic mass is 10.0. The van der Waals surface area contributed by atoms with Crippen molar-refractivity contribution in [3.63, 3.8) is 0 Å². The Morgan fingerprint density at radius 2 is 2.18 bits per heavy atom. The molecule has 0 saturated heterocycles. The first kappa shape index (κ1) is 13.4. The van der Waals surface area contributed by atoms with E-state index in [1.165, 1.54) is 21.8 Å². The summed E-state index contributed by atoms with van der Waals surface area (Å²) in [7, 11) is 1.95. The molecule has 1 atom stereocenters. The summed E-state index contributed by atoms with van der Waals surface area (Å²) < 4.78 is 1.50. The smallest absolute Gasteiger partial charge is 0.0995 e. The molecule has 1 nitrogen and oxygen atoms in total. The van der Waals surface area contributed by atoms with Crippen LogP contribution in [0.1, 0.15) is 29.0 Å². The Morgan fingerprint density at radius 1 is 1.41 bits per heavy atom. The summed E-state index contributed by atoms with van der Waals surface area (Å²) in [6.07, 6.45) is 1.03. The fourth-order valence-corrected chi connectivity index (χ4v) is 4.53. The van der Waals surface area contributed by atoms with Crippen LogP contribution in [0.2, 0.25) is 8.67 Å². The van der Waals surface area contributed by atoms with E-state index in [1.54, 1.807) is 11.3 Å². The molecule has 2 aromatic heterocycles. The average Bonchev–Trinajstić information content (AvgIpc) is 2.88. The number of hydrogen-bond acceptors (Lipinski definition) is 3. The highest BCUT2D eigenvalue weighted by Gasteiger charge is 2.21. The molecule has 0 aromatic carbocycles. The molecule has 0 aliphatic rings. The van der Waals surface area contributed by atoms with Crippen molar-refractivity contribution in [1.29, 1.82) is 0 Å². The van der Waals surface area contributed by atoms with E-state index < -0.39 is 0 Å². The van der Waals surface area contributed by atoms with Crippen molar-refractivity contribution >= 4 is 45.9 Å². The quantitative estimate of drug-likeness (QED) is 0.839. The summed E-state index contributed by atoms with van der Waals surface area (Å²) in [6, 6.07) is 4.27. The molecule has 0 spiro atoms. The third kappa shape index (κ3) is 2.69. The summed E-state index contributed by atoms with van der Waals surface area (Å²) in [5.74, 6) is 0. The van der Waals surface area contributed by atoms with Crippen molar-refractivity contribution in [2.24, 2.45) is 0 Å². The second-order valence-corrected chi connectivity index (χ2v) is 6.90. The van der Waals surface area contributed by atoms with Gasteiger partial charge in [-0.15, -0.1) is 22.7 Å². The standard InChI is InChI=1S/C12H13Cl2NS2/c1-3-7-4-5-16-11(7)10(15-2)8-6-9(13)17-12(8)14/h4-6,10,15H,3H2,1-2H3. The van der Waals surface area contributed by atoms with Crippen LogP contribution in [0.4, 0.5) is 0 Å². The van der Waals surface area contributed by atoms with Gasteiger partial charge in [0.25, 0.3) is 0 Å². The van der Waals surface area contributed by atoms with Crippen molar-refractivity contribution in [2.75, 3.05) is 7.05 Å². The normalized spacial score (nSPS) is 12.9. The van der Waals surface area contributed by atoms with Crippen molar-refractivity contribution in [1.82, 2.24) is 5.32 Å². The van der Waals surface area contributed by atoms with E-state index in [1.807, 2.05) is 13.1 Å². The number of aryl methyl sites for hydroxylation is 1. The molecule has 1 N–H and O–H groups in total. The van der Waals surface area contributed by atoms with Gasteiger partial charge in [0.2, 0.25) is 0 Å². The Hall–Kier alpha value is -0.0600. The molecule has 2 heterocycles. The zero-order valence-electron chi connectivity index (χ0n) is 9.59. The van der Waals surface area contributed by atoms with Crippen LogP contribution in [-0.4, -0.2) is 7.05 Å². The molecular weight excluding hydrogens is 293 g/mol. The number of thiophene rings is 2. The molecule has 0 aliphatic carbocycles. The van der Waals surface area contributed by atoms with Gasteiger partial charge in [0.05, 0.1) is 14.7 Å². The minimum atomic E-state index is 0.140. The van der Waals surface area contributed by atoms with Crippen molar-refractivity contribution in [3.8, 4) is 0 Å². The molecule has 0 fully saturated rings. The topological polar surface area (TPSA) is 12.0 Å². The van der Waals surface area contributed by atoms with Gasteiger partial charge in [-0.2, -0.15) is 0 Å². The maximum absolute atomic E-state index is 6.23. The largest absolute Gasteiger partial charge is 0.309 e. The van der Waals surface area contributed by atoms with Gasteiger partial charge in [-0.1, -0.05) is 30.1 Å². The fraction of sp³-hybridized carbons (Fsp3) is 0.333. The van der Waals surface area contributed by atoms with Gasteiger partial charge in [-0.25, -0.2) is 0 Å². The first-order valence-corrected chi connectivity index (χ1v) is 7.80. The molecule has 0 aliphatic heterocycles. The highest BCUT2D eigenvalue weighted by atomic mass is 35.5. The molecule has 5 heteroatoms. The molecule has 1 unspecified atom stereocenters. The molecule has 2 rings (SSSR count). The van der Waals surface area contributed by atoms with Gasteiger partial charge in [-0.3, -0.25) is 0 Å². The van der Waals surface area contributed by atoms with Crippen LogP contribution in [-0.2, 0) is 6.42 Å². The minimum Gasteiger partial charge on any atom is -0.309 e. The Balaban J connectivity index is 2.43. The van der Waals surface area contributed by atoms with Gasteiger partial charge < -0.3 is 5.32 Å². The SMILES string of the molecule is CCc1ccsc1C(NC)c1cc(Cl)sc1Cl. The van der Waals surface area contributed by atoms with Crippen molar-refractivity contribution in [2.45, 2.75) is 19.4 Å². The van der Waals surface area contributed by atoms with Crippen LogP contribution in [0, 0.1) is 0 Å².